The van der Waals surface area contributed by atoms with Crippen LogP contribution in [-0.4, -0.2) is 47.6 Å². The number of aromatic nitrogens is 3. The van der Waals surface area contributed by atoms with E-state index in [1.807, 2.05) is 16.7 Å². The molecule has 0 radical (unpaired) electrons. The molecule has 0 spiro atoms. The second-order valence-corrected chi connectivity index (χ2v) is 10.8. The number of carbonyl (C=O) groups excluding carboxylic acids is 1. The van der Waals surface area contributed by atoms with Crippen LogP contribution in [-0.2, 0) is 21.0 Å². The van der Waals surface area contributed by atoms with Gasteiger partial charge in [0, 0.05) is 35.2 Å². The van der Waals surface area contributed by atoms with E-state index in [-0.39, 0.29) is 36.1 Å². The summed E-state index contributed by atoms with van der Waals surface area (Å²) in [5.74, 6) is -0.449. The van der Waals surface area contributed by atoms with E-state index in [1.165, 1.54) is 12.5 Å². The van der Waals surface area contributed by atoms with Gasteiger partial charge in [-0.05, 0) is 58.5 Å². The number of ketones is 1. The molecular weight excluding hydrogens is 565 g/mol. The van der Waals surface area contributed by atoms with Gasteiger partial charge in [0.05, 0.1) is 23.2 Å². The van der Waals surface area contributed by atoms with Gasteiger partial charge in [0.1, 0.15) is 18.3 Å². The summed E-state index contributed by atoms with van der Waals surface area (Å²) >= 11 is 9.45. The Hall–Kier alpha value is -2.38. The maximum absolute atomic E-state index is 14.6. The third kappa shape index (κ3) is 6.64. The van der Waals surface area contributed by atoms with Gasteiger partial charge in [0.15, 0.2) is 5.78 Å². The van der Waals surface area contributed by atoms with E-state index in [1.54, 1.807) is 24.5 Å². The van der Waals surface area contributed by atoms with Crippen molar-refractivity contribution in [1.29, 1.82) is 0 Å². The highest BCUT2D eigenvalue weighted by Gasteiger charge is 2.36. The number of carbonyl (C=O) groups is 1. The monoisotopic (exact) mass is 585 g/mol. The predicted octanol–water partition coefficient (Wildman–Crippen LogP) is 3.72. The van der Waals surface area contributed by atoms with E-state index in [4.69, 9.17) is 16.7 Å². The van der Waals surface area contributed by atoms with Crippen molar-refractivity contribution >= 4 is 49.4 Å². The van der Waals surface area contributed by atoms with Crippen LogP contribution in [0.4, 0.5) is 10.2 Å². The Morgan fingerprint density at radius 3 is 2.89 bits per heavy atom. The second-order valence-electron chi connectivity index (χ2n) is 8.32. The van der Waals surface area contributed by atoms with E-state index in [0.717, 1.165) is 10.0 Å². The standard InChI is InChI=1S/C22H22BrClFN5O4S/c23-17-5-13(1-2-18(17)24)9-30-4-3-15(10-30)21(31)16-8-27-12-28-22(16)29-20-7-14(6-19(20)25)11-34-35(26,32)33/h1-5,8,10,12,14,19-20H,6-7,9,11H2,(H2,26,32,33)(H,27,28,29). The Morgan fingerprint density at radius 2 is 2.14 bits per heavy atom. The van der Waals surface area contributed by atoms with E-state index in [2.05, 4.69) is 35.4 Å². The number of nitrogens with one attached hydrogen (secondary N) is 1. The molecule has 0 saturated heterocycles. The minimum atomic E-state index is -4.09. The summed E-state index contributed by atoms with van der Waals surface area (Å²) in [4.78, 5) is 21.3. The first-order valence-electron chi connectivity index (χ1n) is 10.6. The molecule has 1 aliphatic carbocycles. The van der Waals surface area contributed by atoms with Crippen molar-refractivity contribution in [3.05, 3.63) is 75.4 Å². The number of benzene rings is 1. The number of anilines is 1. The van der Waals surface area contributed by atoms with Crippen LogP contribution in [0.15, 0.2) is 53.7 Å². The highest BCUT2D eigenvalue weighted by atomic mass is 79.9. The van der Waals surface area contributed by atoms with Crippen LogP contribution in [0.1, 0.15) is 34.3 Å². The number of nitrogens with two attached hydrogens (primary N) is 1. The Bertz CT molecular complexity index is 1340. The second kappa shape index (κ2) is 10.7. The molecule has 186 valence electrons. The molecule has 3 unspecified atom stereocenters. The molecule has 4 rings (SSSR count). The van der Waals surface area contributed by atoms with Crippen LogP contribution >= 0.6 is 27.5 Å². The third-order valence-corrected chi connectivity index (χ3v) is 7.37. The number of halogens is 3. The highest BCUT2D eigenvalue weighted by Crippen LogP contribution is 2.32. The van der Waals surface area contributed by atoms with Gasteiger partial charge in [-0.1, -0.05) is 17.7 Å². The minimum absolute atomic E-state index is 0.102. The zero-order valence-electron chi connectivity index (χ0n) is 18.3. The fourth-order valence-corrected chi connectivity index (χ4v) is 4.95. The lowest BCUT2D eigenvalue weighted by molar-refractivity contribution is 0.103. The number of rotatable bonds is 9. The normalized spacial score (nSPS) is 20.2. The van der Waals surface area contributed by atoms with Crippen LogP contribution < -0.4 is 10.5 Å². The Balaban J connectivity index is 1.45. The van der Waals surface area contributed by atoms with Crippen molar-refractivity contribution < 1.29 is 21.8 Å². The predicted molar refractivity (Wildman–Crippen MR) is 132 cm³/mol. The number of nitrogens with zero attached hydrogens (tertiary/aromatic N) is 3. The van der Waals surface area contributed by atoms with Gasteiger partial charge in [0.25, 0.3) is 0 Å². The number of hydrogen-bond acceptors (Lipinski definition) is 7. The molecule has 1 aliphatic rings. The van der Waals surface area contributed by atoms with Crippen LogP contribution in [0.5, 0.6) is 0 Å². The lowest BCUT2D eigenvalue weighted by Crippen LogP contribution is -2.27. The van der Waals surface area contributed by atoms with Crippen molar-refractivity contribution in [3.8, 4) is 0 Å². The van der Waals surface area contributed by atoms with E-state index >= 15 is 0 Å². The average molecular weight is 587 g/mol. The van der Waals surface area contributed by atoms with Gasteiger partial charge < -0.3 is 9.88 Å². The van der Waals surface area contributed by atoms with Gasteiger partial charge in [-0.25, -0.2) is 19.5 Å². The molecule has 1 aromatic carbocycles. The van der Waals surface area contributed by atoms with Gasteiger partial charge >= 0.3 is 10.3 Å². The fraction of sp³-hybridized carbons (Fsp3) is 0.318. The van der Waals surface area contributed by atoms with Crippen LogP contribution in [0.25, 0.3) is 0 Å². The summed E-state index contributed by atoms with van der Waals surface area (Å²) in [6.45, 7) is 0.331. The summed E-state index contributed by atoms with van der Waals surface area (Å²) in [5, 5.41) is 8.45. The van der Waals surface area contributed by atoms with Crippen molar-refractivity contribution in [2.45, 2.75) is 31.6 Å². The average Bonchev–Trinajstić information content (AvgIpc) is 3.41. The first-order valence-corrected chi connectivity index (χ1v) is 13.3. The molecule has 3 aromatic rings. The lowest BCUT2D eigenvalue weighted by Gasteiger charge is -2.17. The highest BCUT2D eigenvalue weighted by molar-refractivity contribution is 9.10. The molecule has 1 saturated carbocycles. The maximum atomic E-state index is 14.6. The smallest absolute Gasteiger partial charge is 0.333 e. The fourth-order valence-electron chi connectivity index (χ4n) is 4.03. The molecule has 3 atom stereocenters. The van der Waals surface area contributed by atoms with Gasteiger partial charge in [-0.15, -0.1) is 0 Å². The zero-order chi connectivity index (χ0) is 25.2. The van der Waals surface area contributed by atoms with Gasteiger partial charge in [-0.3, -0.25) is 8.98 Å². The largest absolute Gasteiger partial charge is 0.364 e. The zero-order valence-corrected chi connectivity index (χ0v) is 21.4. The SMILES string of the molecule is NS(=O)(=O)OCC1CC(F)C(Nc2ncncc2C(=O)c2ccn(Cc3ccc(Cl)c(Br)c3)c2)C1. The minimum Gasteiger partial charge on any atom is -0.364 e. The van der Waals surface area contributed by atoms with Crippen LogP contribution in [0, 0.1) is 5.92 Å². The number of hydrogen-bond donors (Lipinski definition) is 2. The van der Waals surface area contributed by atoms with Gasteiger partial charge in [0.2, 0.25) is 0 Å². The molecule has 3 N–H and O–H groups in total. The molecule has 13 heteroatoms. The molecule has 2 heterocycles. The molecule has 2 aromatic heterocycles. The van der Waals surface area contributed by atoms with Crippen molar-refractivity contribution in [2.75, 3.05) is 11.9 Å². The van der Waals surface area contributed by atoms with E-state index in [9.17, 15) is 17.6 Å². The molecule has 0 bridgehead atoms. The Kier molecular flexibility index (Phi) is 7.86. The molecule has 35 heavy (non-hydrogen) atoms. The quantitative estimate of drug-likeness (QED) is 0.366. The number of alkyl halides is 1. The molecule has 1 fully saturated rings. The van der Waals surface area contributed by atoms with Crippen molar-refractivity contribution in [3.63, 3.8) is 0 Å². The summed E-state index contributed by atoms with van der Waals surface area (Å²) in [6, 6.07) is 6.63. The summed E-state index contributed by atoms with van der Waals surface area (Å²) in [5.41, 5.74) is 1.63. The molecule has 9 nitrogen and oxygen atoms in total. The molecular formula is C22H22BrClFN5O4S. The van der Waals surface area contributed by atoms with Gasteiger partial charge in [-0.2, -0.15) is 8.42 Å². The van der Waals surface area contributed by atoms with Crippen LogP contribution in [0.2, 0.25) is 5.02 Å². The third-order valence-electron chi connectivity index (χ3n) is 5.69. The molecule has 0 aliphatic heterocycles. The van der Waals surface area contributed by atoms with Crippen LogP contribution in [0.3, 0.4) is 0 Å². The summed E-state index contributed by atoms with van der Waals surface area (Å²) in [7, 11) is -4.09. The first-order chi connectivity index (χ1) is 16.6. The van der Waals surface area contributed by atoms with E-state index < -0.39 is 22.5 Å². The molecule has 0 amide bonds. The lowest BCUT2D eigenvalue weighted by atomic mass is 10.1. The summed E-state index contributed by atoms with van der Waals surface area (Å²) in [6.07, 6.45) is 5.28. The Morgan fingerprint density at radius 1 is 1.34 bits per heavy atom. The maximum Gasteiger partial charge on any atom is 0.333 e. The van der Waals surface area contributed by atoms with E-state index in [0.29, 0.717) is 23.6 Å². The summed E-state index contributed by atoms with van der Waals surface area (Å²) < 4.78 is 43.9. The topological polar surface area (TPSA) is 129 Å². The first kappa shape index (κ1) is 25.7. The van der Waals surface area contributed by atoms with Crippen molar-refractivity contribution in [2.24, 2.45) is 11.1 Å². The Labute approximate surface area is 215 Å². The van der Waals surface area contributed by atoms with Crippen molar-refractivity contribution in [1.82, 2.24) is 14.5 Å².